The number of nitrogens with zero attached hydrogens (tertiary/aromatic N) is 1. The van der Waals surface area contributed by atoms with Crippen molar-refractivity contribution in [3.8, 4) is 11.5 Å². The average molecular weight is 419 g/mol. The van der Waals surface area contributed by atoms with Gasteiger partial charge in [-0.05, 0) is 55.3 Å². The Morgan fingerprint density at radius 3 is 2.10 bits per heavy atom. The van der Waals surface area contributed by atoms with E-state index in [9.17, 15) is 22.8 Å². The fourth-order valence-corrected chi connectivity index (χ4v) is 3.76. The highest BCUT2D eigenvalue weighted by molar-refractivity contribution is 5.99. The molecule has 2 heterocycles. The molecular weight excluding hydrogens is 399 g/mol. The molecule has 0 aromatic heterocycles. The number of amides is 1. The third kappa shape index (κ3) is 4.13. The first-order valence-corrected chi connectivity index (χ1v) is 9.73. The van der Waals surface area contributed by atoms with Gasteiger partial charge in [-0.1, -0.05) is 0 Å². The molecule has 2 aromatic rings. The third-order valence-corrected chi connectivity index (χ3v) is 5.44. The minimum atomic E-state index is -4.44. The Hall–Kier alpha value is -3.03. The van der Waals surface area contributed by atoms with Gasteiger partial charge in [0.1, 0.15) is 13.2 Å². The van der Waals surface area contributed by atoms with Crippen molar-refractivity contribution in [3.63, 3.8) is 0 Å². The summed E-state index contributed by atoms with van der Waals surface area (Å²) < 4.78 is 49.1. The van der Waals surface area contributed by atoms with Crippen molar-refractivity contribution in [1.82, 2.24) is 4.90 Å². The Balaban J connectivity index is 1.37. The van der Waals surface area contributed by atoms with Gasteiger partial charge in [0.2, 0.25) is 0 Å². The summed E-state index contributed by atoms with van der Waals surface area (Å²) in [6.45, 7) is 1.67. The minimum absolute atomic E-state index is 0.00592. The van der Waals surface area contributed by atoms with Crippen molar-refractivity contribution in [2.45, 2.75) is 19.0 Å². The summed E-state index contributed by atoms with van der Waals surface area (Å²) in [5, 5.41) is 0. The molecule has 0 saturated carbocycles. The van der Waals surface area contributed by atoms with Crippen molar-refractivity contribution in [3.05, 3.63) is 59.2 Å². The molecule has 2 aliphatic heterocycles. The number of hydrogen-bond acceptors (Lipinski definition) is 4. The zero-order valence-corrected chi connectivity index (χ0v) is 16.1. The van der Waals surface area contributed by atoms with Gasteiger partial charge in [-0.2, -0.15) is 13.2 Å². The summed E-state index contributed by atoms with van der Waals surface area (Å²) in [6, 6.07) is 9.34. The first-order chi connectivity index (χ1) is 14.3. The first-order valence-electron chi connectivity index (χ1n) is 9.73. The fourth-order valence-electron chi connectivity index (χ4n) is 3.76. The molecule has 0 atom stereocenters. The summed E-state index contributed by atoms with van der Waals surface area (Å²) >= 11 is 0. The molecule has 158 valence electrons. The number of halogens is 3. The maximum atomic E-state index is 12.9. The van der Waals surface area contributed by atoms with Gasteiger partial charge in [0.15, 0.2) is 17.3 Å². The van der Waals surface area contributed by atoms with Crippen LogP contribution in [0.15, 0.2) is 42.5 Å². The summed E-state index contributed by atoms with van der Waals surface area (Å²) in [4.78, 5) is 27.0. The van der Waals surface area contributed by atoms with Crippen LogP contribution < -0.4 is 9.47 Å². The van der Waals surface area contributed by atoms with E-state index in [-0.39, 0.29) is 23.2 Å². The summed E-state index contributed by atoms with van der Waals surface area (Å²) in [7, 11) is 0. The smallest absolute Gasteiger partial charge is 0.416 e. The number of benzene rings is 2. The van der Waals surface area contributed by atoms with Crippen LogP contribution in [0.25, 0.3) is 0 Å². The number of carbonyl (C=O) groups excluding carboxylic acids is 2. The molecule has 0 unspecified atom stereocenters. The lowest BCUT2D eigenvalue weighted by molar-refractivity contribution is -0.137. The topological polar surface area (TPSA) is 55.8 Å². The molecule has 1 amide bonds. The van der Waals surface area contributed by atoms with E-state index < -0.39 is 11.7 Å². The molecular formula is C22H20F3NO4. The van der Waals surface area contributed by atoms with Crippen LogP contribution >= 0.6 is 0 Å². The largest absolute Gasteiger partial charge is 0.486 e. The Labute approximate surface area is 171 Å². The third-order valence-electron chi connectivity index (χ3n) is 5.44. The van der Waals surface area contributed by atoms with Gasteiger partial charge in [-0.15, -0.1) is 0 Å². The lowest BCUT2D eigenvalue weighted by atomic mass is 9.88. The lowest BCUT2D eigenvalue weighted by Gasteiger charge is -2.31. The van der Waals surface area contributed by atoms with Crippen molar-refractivity contribution >= 4 is 11.7 Å². The first kappa shape index (κ1) is 20.3. The van der Waals surface area contributed by atoms with Crippen LogP contribution in [0.4, 0.5) is 13.2 Å². The van der Waals surface area contributed by atoms with Gasteiger partial charge in [0.25, 0.3) is 5.91 Å². The molecule has 2 aliphatic rings. The predicted octanol–water partition coefficient (Wildman–Crippen LogP) is 4.21. The Morgan fingerprint density at radius 2 is 1.47 bits per heavy atom. The highest BCUT2D eigenvalue weighted by Crippen LogP contribution is 2.33. The molecule has 4 rings (SSSR count). The van der Waals surface area contributed by atoms with E-state index in [4.69, 9.17) is 9.47 Å². The second-order valence-electron chi connectivity index (χ2n) is 7.36. The Kier molecular flexibility index (Phi) is 5.40. The number of ketones is 1. The Bertz CT molecular complexity index is 948. The zero-order valence-electron chi connectivity index (χ0n) is 16.1. The molecule has 0 aliphatic carbocycles. The van der Waals surface area contributed by atoms with Gasteiger partial charge in [0, 0.05) is 30.1 Å². The quantitative estimate of drug-likeness (QED) is 0.700. The number of hydrogen-bond donors (Lipinski definition) is 0. The van der Waals surface area contributed by atoms with Crippen molar-refractivity contribution in [1.29, 1.82) is 0 Å². The number of carbonyl (C=O) groups is 2. The highest BCUT2D eigenvalue weighted by Gasteiger charge is 2.32. The molecule has 1 fully saturated rings. The predicted molar refractivity (Wildman–Crippen MR) is 102 cm³/mol. The van der Waals surface area contributed by atoms with Crippen LogP contribution in [0, 0.1) is 5.92 Å². The number of Topliss-reactive ketones (excluding diaryl/α,β-unsaturated/α-hetero) is 1. The second-order valence-corrected chi connectivity index (χ2v) is 7.36. The number of fused-ring (bicyclic) bond motifs is 1. The number of piperidine rings is 1. The molecule has 1 saturated heterocycles. The van der Waals surface area contributed by atoms with Gasteiger partial charge in [-0.3, -0.25) is 9.59 Å². The summed E-state index contributed by atoms with van der Waals surface area (Å²) in [6.07, 6.45) is -3.44. The number of rotatable bonds is 3. The molecule has 0 bridgehead atoms. The Morgan fingerprint density at radius 1 is 0.867 bits per heavy atom. The van der Waals surface area contributed by atoms with Gasteiger partial charge in [-0.25, -0.2) is 0 Å². The van der Waals surface area contributed by atoms with Gasteiger partial charge < -0.3 is 14.4 Å². The van der Waals surface area contributed by atoms with Gasteiger partial charge in [0.05, 0.1) is 5.56 Å². The zero-order chi connectivity index (χ0) is 21.3. The second kappa shape index (κ2) is 8.01. The molecule has 0 radical (unpaired) electrons. The van der Waals surface area contributed by atoms with Crippen molar-refractivity contribution in [2.24, 2.45) is 5.92 Å². The van der Waals surface area contributed by atoms with E-state index in [1.807, 2.05) is 0 Å². The van der Waals surface area contributed by atoms with Crippen LogP contribution in [-0.4, -0.2) is 42.9 Å². The van der Waals surface area contributed by atoms with Crippen LogP contribution in [-0.2, 0) is 6.18 Å². The summed E-state index contributed by atoms with van der Waals surface area (Å²) in [5.74, 6) is 0.628. The molecule has 30 heavy (non-hydrogen) atoms. The van der Waals surface area contributed by atoms with Crippen molar-refractivity contribution in [2.75, 3.05) is 26.3 Å². The van der Waals surface area contributed by atoms with Gasteiger partial charge >= 0.3 is 6.18 Å². The molecule has 0 spiro atoms. The molecule has 8 heteroatoms. The van der Waals surface area contributed by atoms with E-state index in [1.165, 1.54) is 12.1 Å². The molecule has 0 N–H and O–H groups in total. The number of alkyl halides is 3. The number of likely N-dealkylation sites (tertiary alicyclic amines) is 1. The van der Waals surface area contributed by atoms with Crippen LogP contribution in [0.5, 0.6) is 11.5 Å². The van der Waals surface area contributed by atoms with E-state index in [2.05, 4.69) is 0 Å². The fraction of sp³-hybridized carbons (Fsp3) is 0.364. The highest BCUT2D eigenvalue weighted by atomic mass is 19.4. The summed E-state index contributed by atoms with van der Waals surface area (Å²) in [5.41, 5.74) is -0.0332. The number of ether oxygens (including phenoxy) is 2. The minimum Gasteiger partial charge on any atom is -0.486 e. The monoisotopic (exact) mass is 419 g/mol. The van der Waals surface area contributed by atoms with E-state index >= 15 is 0 Å². The SMILES string of the molecule is O=C(c1ccc2c(c1)OCCO2)C1CCN(C(=O)c2ccc(C(F)(F)F)cc2)CC1. The maximum absolute atomic E-state index is 12.9. The standard InChI is InChI=1S/C22H20F3NO4/c23-22(24,25)17-4-1-15(2-5-17)21(28)26-9-7-14(8-10-26)20(27)16-3-6-18-19(13-16)30-12-11-29-18/h1-6,13-14H,7-12H2. The molecule has 5 nitrogen and oxygen atoms in total. The van der Waals surface area contributed by atoms with Crippen LogP contribution in [0.2, 0.25) is 0 Å². The normalized spacial score (nSPS) is 17.0. The van der Waals surface area contributed by atoms with Crippen LogP contribution in [0.3, 0.4) is 0 Å². The van der Waals surface area contributed by atoms with E-state index in [0.29, 0.717) is 56.2 Å². The lowest BCUT2D eigenvalue weighted by Crippen LogP contribution is -2.40. The van der Waals surface area contributed by atoms with Crippen molar-refractivity contribution < 1.29 is 32.2 Å². The molecule has 2 aromatic carbocycles. The maximum Gasteiger partial charge on any atom is 0.416 e. The van der Waals surface area contributed by atoms with E-state index in [1.54, 1.807) is 23.1 Å². The van der Waals surface area contributed by atoms with Crippen LogP contribution in [0.1, 0.15) is 39.1 Å². The van der Waals surface area contributed by atoms with E-state index in [0.717, 1.165) is 12.1 Å². The average Bonchev–Trinajstić information content (AvgIpc) is 2.77.